The quantitative estimate of drug-likeness (QED) is 0.600. The third kappa shape index (κ3) is 5.06. The van der Waals surface area contributed by atoms with E-state index in [1.54, 1.807) is 0 Å². The molecule has 0 atom stereocenters. The maximum absolute atomic E-state index is 12.6. The number of primary sulfonamides is 1. The Hall–Kier alpha value is -3.50. The molecule has 3 aromatic rings. The first-order chi connectivity index (χ1) is 13.7. The molecular formula is C19H18N4O5S. The number of sulfonamides is 1. The lowest BCUT2D eigenvalue weighted by Gasteiger charge is -2.11. The van der Waals surface area contributed by atoms with Crippen molar-refractivity contribution in [1.29, 1.82) is 0 Å². The average Bonchev–Trinajstić information content (AvgIpc) is 2.68. The highest BCUT2D eigenvalue weighted by Gasteiger charge is 2.12. The van der Waals surface area contributed by atoms with Crippen LogP contribution in [0, 0.1) is 0 Å². The van der Waals surface area contributed by atoms with Gasteiger partial charge in [-0.25, -0.2) is 18.4 Å². The van der Waals surface area contributed by atoms with Crippen LogP contribution in [0.4, 0.5) is 5.69 Å². The highest BCUT2D eigenvalue weighted by Crippen LogP contribution is 2.14. The molecule has 29 heavy (non-hydrogen) atoms. The topological polar surface area (TPSA) is 133 Å². The Morgan fingerprint density at radius 1 is 1.00 bits per heavy atom. The second-order valence-corrected chi connectivity index (χ2v) is 7.82. The van der Waals surface area contributed by atoms with Crippen LogP contribution < -0.4 is 21.7 Å². The second-order valence-electron chi connectivity index (χ2n) is 6.26. The predicted molar refractivity (Wildman–Crippen MR) is 107 cm³/mol. The smallest absolute Gasteiger partial charge is 0.324 e. The van der Waals surface area contributed by atoms with Gasteiger partial charge in [0.2, 0.25) is 15.9 Å². The first kappa shape index (κ1) is 20.2. The molecule has 0 fully saturated rings. The van der Waals surface area contributed by atoms with Gasteiger partial charge in [0.15, 0.2) is 0 Å². The molecule has 3 rings (SSSR count). The third-order valence-corrected chi connectivity index (χ3v) is 4.99. The van der Waals surface area contributed by atoms with Crippen molar-refractivity contribution in [3.63, 3.8) is 0 Å². The molecule has 1 heterocycles. The number of benzene rings is 2. The molecule has 0 saturated carbocycles. The van der Waals surface area contributed by atoms with E-state index < -0.39 is 33.7 Å². The minimum Gasteiger partial charge on any atom is -0.324 e. The van der Waals surface area contributed by atoms with Crippen LogP contribution in [-0.2, 0) is 27.9 Å². The van der Waals surface area contributed by atoms with E-state index in [1.165, 1.54) is 41.1 Å². The highest BCUT2D eigenvalue weighted by atomic mass is 32.2. The summed E-state index contributed by atoms with van der Waals surface area (Å²) in [4.78, 5) is 36.9. The van der Waals surface area contributed by atoms with Crippen molar-refractivity contribution >= 4 is 21.6 Å². The van der Waals surface area contributed by atoms with Crippen molar-refractivity contribution in [3.8, 4) is 0 Å². The molecular weight excluding hydrogens is 396 g/mol. The van der Waals surface area contributed by atoms with Crippen LogP contribution in [0.2, 0.25) is 0 Å². The van der Waals surface area contributed by atoms with Gasteiger partial charge in [0.25, 0.3) is 5.56 Å². The zero-order valence-corrected chi connectivity index (χ0v) is 16.0. The standard InChI is InChI=1S/C19H18N4O5S/c20-29(27,28)16-8-4-7-15(11-16)21-17(24)13-23-18(25)9-10-22(19(23)26)12-14-5-2-1-3-6-14/h1-11H,12-13H2,(H,21,24)(H2,20,27,28). The molecule has 150 valence electrons. The first-order valence-corrected chi connectivity index (χ1v) is 10.1. The lowest BCUT2D eigenvalue weighted by molar-refractivity contribution is -0.116. The van der Waals surface area contributed by atoms with Crippen LogP contribution in [0.25, 0.3) is 0 Å². The fourth-order valence-electron chi connectivity index (χ4n) is 2.70. The number of aromatic nitrogens is 2. The number of hydrogen-bond donors (Lipinski definition) is 2. The van der Waals surface area contributed by atoms with Crippen LogP contribution in [-0.4, -0.2) is 23.5 Å². The van der Waals surface area contributed by atoms with Gasteiger partial charge in [0, 0.05) is 18.0 Å². The van der Waals surface area contributed by atoms with E-state index in [1.807, 2.05) is 30.3 Å². The van der Waals surface area contributed by atoms with Gasteiger partial charge in [0.05, 0.1) is 11.4 Å². The number of hydrogen-bond acceptors (Lipinski definition) is 5. The Morgan fingerprint density at radius 2 is 1.72 bits per heavy atom. The van der Waals surface area contributed by atoms with Gasteiger partial charge in [-0.2, -0.15) is 0 Å². The summed E-state index contributed by atoms with van der Waals surface area (Å²) < 4.78 is 25.0. The summed E-state index contributed by atoms with van der Waals surface area (Å²) >= 11 is 0. The monoisotopic (exact) mass is 414 g/mol. The van der Waals surface area contributed by atoms with Gasteiger partial charge in [0.1, 0.15) is 6.54 Å². The minimum absolute atomic E-state index is 0.169. The Morgan fingerprint density at radius 3 is 2.41 bits per heavy atom. The molecule has 0 aliphatic carbocycles. The van der Waals surface area contributed by atoms with Crippen LogP contribution in [0.1, 0.15) is 5.56 Å². The van der Waals surface area contributed by atoms with Gasteiger partial charge in [-0.1, -0.05) is 36.4 Å². The normalized spacial score (nSPS) is 11.2. The van der Waals surface area contributed by atoms with E-state index in [0.717, 1.165) is 10.1 Å². The Kier molecular flexibility index (Phi) is 5.76. The van der Waals surface area contributed by atoms with Crippen LogP contribution in [0.5, 0.6) is 0 Å². The second kappa shape index (κ2) is 8.25. The molecule has 3 N–H and O–H groups in total. The lowest BCUT2D eigenvalue weighted by Crippen LogP contribution is -2.41. The summed E-state index contributed by atoms with van der Waals surface area (Å²) in [5.74, 6) is -0.659. The van der Waals surface area contributed by atoms with E-state index in [9.17, 15) is 22.8 Å². The first-order valence-electron chi connectivity index (χ1n) is 8.51. The molecule has 10 heteroatoms. The zero-order valence-electron chi connectivity index (χ0n) is 15.2. The molecule has 0 radical (unpaired) electrons. The van der Waals surface area contributed by atoms with Crippen LogP contribution >= 0.6 is 0 Å². The summed E-state index contributed by atoms with van der Waals surface area (Å²) in [5.41, 5.74) is -0.207. The molecule has 1 aromatic heterocycles. The van der Waals surface area contributed by atoms with Gasteiger partial charge in [-0.3, -0.25) is 18.7 Å². The Labute approximate surface area is 166 Å². The number of nitrogens with one attached hydrogen (secondary N) is 1. The fraction of sp³-hybridized carbons (Fsp3) is 0.105. The molecule has 0 bridgehead atoms. The number of nitrogens with two attached hydrogens (primary N) is 1. The summed E-state index contributed by atoms with van der Waals surface area (Å²) in [6.45, 7) is -0.273. The summed E-state index contributed by atoms with van der Waals surface area (Å²) in [7, 11) is -3.93. The van der Waals surface area contributed by atoms with Crippen LogP contribution in [0.3, 0.4) is 0 Å². The lowest BCUT2D eigenvalue weighted by atomic mass is 10.2. The van der Waals surface area contributed by atoms with Crippen molar-refractivity contribution in [2.24, 2.45) is 5.14 Å². The van der Waals surface area contributed by atoms with Gasteiger partial charge in [-0.15, -0.1) is 0 Å². The van der Waals surface area contributed by atoms with E-state index in [-0.39, 0.29) is 17.1 Å². The fourth-order valence-corrected chi connectivity index (χ4v) is 3.26. The average molecular weight is 414 g/mol. The third-order valence-electron chi connectivity index (χ3n) is 4.08. The van der Waals surface area contributed by atoms with E-state index in [0.29, 0.717) is 0 Å². The molecule has 0 saturated heterocycles. The summed E-state index contributed by atoms with van der Waals surface area (Å²) in [6.07, 6.45) is 1.38. The van der Waals surface area contributed by atoms with E-state index in [2.05, 4.69) is 5.32 Å². The number of carbonyl (C=O) groups excluding carboxylic acids is 1. The van der Waals surface area contributed by atoms with Crippen molar-refractivity contribution < 1.29 is 13.2 Å². The van der Waals surface area contributed by atoms with E-state index in [4.69, 9.17) is 5.14 Å². The SMILES string of the molecule is NS(=O)(=O)c1cccc(NC(=O)Cn2c(=O)ccn(Cc3ccccc3)c2=O)c1. The number of rotatable bonds is 6. The Balaban J connectivity index is 1.81. The van der Waals surface area contributed by atoms with Crippen LogP contribution in [0.15, 0.2) is 81.3 Å². The summed E-state index contributed by atoms with van der Waals surface area (Å²) in [6, 6.07) is 15.8. The highest BCUT2D eigenvalue weighted by molar-refractivity contribution is 7.89. The van der Waals surface area contributed by atoms with Gasteiger partial charge >= 0.3 is 5.69 Å². The Bertz CT molecular complexity index is 1260. The number of amides is 1. The molecule has 0 aliphatic heterocycles. The number of carbonyl (C=O) groups is 1. The maximum atomic E-state index is 12.6. The van der Waals surface area contributed by atoms with Crippen molar-refractivity contribution in [2.45, 2.75) is 18.0 Å². The molecule has 2 aromatic carbocycles. The number of anilines is 1. The van der Waals surface area contributed by atoms with Gasteiger partial charge < -0.3 is 5.32 Å². The number of nitrogens with zero attached hydrogens (tertiary/aromatic N) is 2. The maximum Gasteiger partial charge on any atom is 0.331 e. The summed E-state index contributed by atoms with van der Waals surface area (Å²) in [5, 5.41) is 7.53. The van der Waals surface area contributed by atoms with Crippen molar-refractivity contribution in [2.75, 3.05) is 5.32 Å². The zero-order chi connectivity index (χ0) is 21.0. The molecule has 0 spiro atoms. The molecule has 0 aliphatic rings. The van der Waals surface area contributed by atoms with E-state index >= 15 is 0 Å². The van der Waals surface area contributed by atoms with Gasteiger partial charge in [-0.05, 0) is 23.8 Å². The predicted octanol–water partition coefficient (Wildman–Crippen LogP) is 0.344. The minimum atomic E-state index is -3.93. The molecule has 1 amide bonds. The molecule has 0 unspecified atom stereocenters. The largest absolute Gasteiger partial charge is 0.331 e. The molecule has 9 nitrogen and oxygen atoms in total. The van der Waals surface area contributed by atoms with Crippen molar-refractivity contribution in [1.82, 2.24) is 9.13 Å². The van der Waals surface area contributed by atoms with Crippen molar-refractivity contribution in [3.05, 3.63) is 93.3 Å².